The summed E-state index contributed by atoms with van der Waals surface area (Å²) in [5.74, 6) is 0.944. The highest BCUT2D eigenvalue weighted by Crippen LogP contribution is 2.37. The van der Waals surface area contributed by atoms with Crippen LogP contribution in [0.2, 0.25) is 0 Å². The molecule has 0 radical (unpaired) electrons. The Balaban J connectivity index is 1.42. The first-order chi connectivity index (χ1) is 16.0. The molecule has 0 fully saturated rings. The summed E-state index contributed by atoms with van der Waals surface area (Å²) < 4.78 is 47.5. The number of benzene rings is 2. The molecule has 0 saturated carbocycles. The number of halogens is 2. The van der Waals surface area contributed by atoms with Gasteiger partial charge in [0.25, 0.3) is 5.91 Å². The third-order valence-electron chi connectivity index (χ3n) is 4.40. The first-order valence-electron chi connectivity index (χ1n) is 9.51. The van der Waals surface area contributed by atoms with Crippen molar-refractivity contribution in [2.75, 3.05) is 19.5 Å². The number of nitrogens with one attached hydrogen (secondary N) is 1. The third-order valence-corrected chi connectivity index (χ3v) is 5.34. The second-order valence-corrected chi connectivity index (χ2v) is 7.52. The van der Waals surface area contributed by atoms with Gasteiger partial charge in [-0.2, -0.15) is 13.9 Å². The van der Waals surface area contributed by atoms with E-state index in [2.05, 4.69) is 20.1 Å². The van der Waals surface area contributed by atoms with Crippen LogP contribution in [0.3, 0.4) is 0 Å². The van der Waals surface area contributed by atoms with Crippen molar-refractivity contribution in [1.29, 1.82) is 0 Å². The van der Waals surface area contributed by atoms with Gasteiger partial charge < -0.3 is 18.9 Å². The number of rotatable bonds is 9. The Hall–Kier alpha value is -3.93. The molecule has 2 heterocycles. The summed E-state index contributed by atoms with van der Waals surface area (Å²) in [6.45, 7) is -2.91. The van der Waals surface area contributed by atoms with E-state index in [1.54, 1.807) is 24.4 Å². The molecule has 0 aliphatic rings. The van der Waals surface area contributed by atoms with Crippen molar-refractivity contribution in [3.05, 3.63) is 54.4 Å². The molecule has 2 aromatic heterocycles. The van der Waals surface area contributed by atoms with Crippen molar-refractivity contribution in [3.8, 4) is 23.0 Å². The lowest BCUT2D eigenvalue weighted by atomic mass is 10.3. The number of hydrogen-bond acceptors (Lipinski definition) is 8. The average molecular weight is 476 g/mol. The number of ether oxygens (including phenoxy) is 4. The summed E-state index contributed by atoms with van der Waals surface area (Å²) in [6.07, 6.45) is 1.59. The number of methoxy groups -OCH3 is 2. The summed E-state index contributed by atoms with van der Waals surface area (Å²) in [5, 5.41) is 7.16. The average Bonchev–Trinajstić information content (AvgIpc) is 3.43. The molecule has 1 amide bonds. The fourth-order valence-electron chi connectivity index (χ4n) is 2.94. The van der Waals surface area contributed by atoms with E-state index in [0.717, 1.165) is 11.3 Å². The number of hydrogen-bond donors (Lipinski definition) is 1. The number of para-hydroxylation sites is 1. The molecule has 4 aromatic rings. The highest BCUT2D eigenvalue weighted by Gasteiger charge is 2.15. The van der Waals surface area contributed by atoms with Crippen molar-refractivity contribution in [1.82, 2.24) is 14.8 Å². The van der Waals surface area contributed by atoms with Gasteiger partial charge in [0, 0.05) is 6.20 Å². The van der Waals surface area contributed by atoms with Gasteiger partial charge in [0.15, 0.2) is 29.1 Å². The second-order valence-electron chi connectivity index (χ2n) is 6.49. The molecule has 172 valence electrons. The van der Waals surface area contributed by atoms with Gasteiger partial charge in [-0.1, -0.05) is 17.4 Å². The summed E-state index contributed by atoms with van der Waals surface area (Å²) in [6, 6.07) is 11.1. The number of fused-ring (bicyclic) bond motifs is 1. The molecule has 0 aliphatic heterocycles. The highest BCUT2D eigenvalue weighted by atomic mass is 32.1. The van der Waals surface area contributed by atoms with Crippen molar-refractivity contribution in [3.63, 3.8) is 0 Å². The maximum atomic E-state index is 12.6. The first-order valence-corrected chi connectivity index (χ1v) is 10.3. The van der Waals surface area contributed by atoms with Crippen LogP contribution in [-0.4, -0.2) is 41.5 Å². The highest BCUT2D eigenvalue weighted by molar-refractivity contribution is 7.22. The minimum absolute atomic E-state index is 0.0120. The molecule has 0 aliphatic carbocycles. The first kappa shape index (κ1) is 22.3. The SMILES string of the molecule is COc1cccc(OC)c1OCn1ccc(C(=O)Nc2nc3ccc(OC(F)F)cc3s2)n1. The van der Waals surface area contributed by atoms with Gasteiger partial charge in [0.2, 0.25) is 5.75 Å². The largest absolute Gasteiger partial charge is 0.493 e. The monoisotopic (exact) mass is 476 g/mol. The quantitative estimate of drug-likeness (QED) is 0.382. The molecule has 1 N–H and O–H groups in total. The lowest BCUT2D eigenvalue weighted by Gasteiger charge is -2.13. The van der Waals surface area contributed by atoms with E-state index in [1.165, 1.54) is 43.2 Å². The number of alkyl halides is 2. The molecule has 0 bridgehead atoms. The third kappa shape index (κ3) is 5.12. The van der Waals surface area contributed by atoms with E-state index >= 15 is 0 Å². The van der Waals surface area contributed by atoms with E-state index in [0.29, 0.717) is 32.6 Å². The van der Waals surface area contributed by atoms with E-state index in [1.807, 2.05) is 0 Å². The number of amides is 1. The number of thiazole rings is 1. The van der Waals surface area contributed by atoms with Gasteiger partial charge in [0.1, 0.15) is 5.75 Å². The van der Waals surface area contributed by atoms with Crippen LogP contribution in [0.5, 0.6) is 23.0 Å². The van der Waals surface area contributed by atoms with Crippen LogP contribution in [-0.2, 0) is 6.73 Å². The molecule has 0 atom stereocenters. The summed E-state index contributed by atoms with van der Waals surface area (Å²) in [4.78, 5) is 16.8. The zero-order valence-corrected chi connectivity index (χ0v) is 18.3. The summed E-state index contributed by atoms with van der Waals surface area (Å²) in [7, 11) is 3.04. The van der Waals surface area contributed by atoms with Crippen LogP contribution < -0.4 is 24.3 Å². The molecule has 0 spiro atoms. The molecule has 0 saturated heterocycles. The standard InChI is InChI=1S/C21H18F2N4O5S/c1-29-15-4-3-5-16(30-2)18(15)31-11-27-9-8-14(26-27)19(28)25-21-24-13-7-6-12(32-20(22)23)10-17(13)33-21/h3-10,20H,11H2,1-2H3,(H,24,25,28). The predicted octanol–water partition coefficient (Wildman–Crippen LogP) is 4.40. The van der Waals surface area contributed by atoms with Crippen LogP contribution in [0.25, 0.3) is 10.2 Å². The number of nitrogens with zero attached hydrogens (tertiary/aromatic N) is 3. The molecule has 2 aromatic carbocycles. The Bertz CT molecular complexity index is 1250. The van der Waals surface area contributed by atoms with Crippen molar-refractivity contribution in [2.45, 2.75) is 13.3 Å². The molecule has 33 heavy (non-hydrogen) atoms. The number of anilines is 1. The van der Waals surface area contributed by atoms with Crippen molar-refractivity contribution >= 4 is 32.6 Å². The normalized spacial score (nSPS) is 10.9. The van der Waals surface area contributed by atoms with Crippen molar-refractivity contribution < 1.29 is 32.5 Å². The van der Waals surface area contributed by atoms with Gasteiger partial charge in [-0.3, -0.25) is 10.1 Å². The minimum atomic E-state index is -2.92. The van der Waals surface area contributed by atoms with E-state index in [4.69, 9.17) is 14.2 Å². The van der Waals surface area contributed by atoms with Gasteiger partial charge in [-0.25, -0.2) is 9.67 Å². The van der Waals surface area contributed by atoms with E-state index < -0.39 is 12.5 Å². The van der Waals surface area contributed by atoms with E-state index in [-0.39, 0.29) is 18.2 Å². The smallest absolute Gasteiger partial charge is 0.387 e. The topological polar surface area (TPSA) is 96.7 Å². The molecule has 12 heteroatoms. The summed E-state index contributed by atoms with van der Waals surface area (Å²) in [5.41, 5.74) is 0.688. The fraction of sp³-hybridized carbons (Fsp3) is 0.190. The van der Waals surface area contributed by atoms with Crippen LogP contribution >= 0.6 is 11.3 Å². The second kappa shape index (κ2) is 9.69. The van der Waals surface area contributed by atoms with Crippen molar-refractivity contribution in [2.24, 2.45) is 0 Å². The molecule has 4 rings (SSSR count). The number of aromatic nitrogens is 3. The maximum absolute atomic E-state index is 12.6. The molecule has 9 nitrogen and oxygen atoms in total. The van der Waals surface area contributed by atoms with Gasteiger partial charge >= 0.3 is 6.61 Å². The predicted molar refractivity (Wildman–Crippen MR) is 117 cm³/mol. The van der Waals surface area contributed by atoms with Crippen LogP contribution in [0.4, 0.5) is 13.9 Å². The Morgan fingerprint density at radius 3 is 2.61 bits per heavy atom. The number of carbonyl (C=O) groups is 1. The van der Waals surface area contributed by atoms with Crippen LogP contribution in [0.1, 0.15) is 10.5 Å². The fourth-order valence-corrected chi connectivity index (χ4v) is 3.83. The Morgan fingerprint density at radius 1 is 1.15 bits per heavy atom. The summed E-state index contributed by atoms with van der Waals surface area (Å²) >= 11 is 1.13. The Kier molecular flexibility index (Phi) is 6.54. The van der Waals surface area contributed by atoms with E-state index in [9.17, 15) is 13.6 Å². The van der Waals surface area contributed by atoms with Crippen LogP contribution in [0, 0.1) is 0 Å². The lowest BCUT2D eigenvalue weighted by Crippen LogP contribution is -2.14. The molecular formula is C21H18F2N4O5S. The number of carbonyl (C=O) groups excluding carboxylic acids is 1. The molecule has 0 unspecified atom stereocenters. The lowest BCUT2D eigenvalue weighted by molar-refractivity contribution is -0.0497. The van der Waals surface area contributed by atoms with Gasteiger partial charge in [-0.05, 0) is 36.4 Å². The zero-order valence-electron chi connectivity index (χ0n) is 17.5. The van der Waals surface area contributed by atoms with Gasteiger partial charge in [-0.15, -0.1) is 0 Å². The Labute approximate surface area is 190 Å². The Morgan fingerprint density at radius 2 is 1.91 bits per heavy atom. The van der Waals surface area contributed by atoms with Gasteiger partial charge in [0.05, 0.1) is 24.4 Å². The zero-order chi connectivity index (χ0) is 23.4. The maximum Gasteiger partial charge on any atom is 0.387 e. The minimum Gasteiger partial charge on any atom is -0.493 e. The van der Waals surface area contributed by atoms with Crippen LogP contribution in [0.15, 0.2) is 48.7 Å². The molecular weight excluding hydrogens is 458 g/mol.